The quantitative estimate of drug-likeness (QED) is 0.420. The van der Waals surface area contributed by atoms with Crippen LogP contribution in [0.15, 0.2) is 24.8 Å². The fourth-order valence-corrected chi connectivity index (χ4v) is 2.47. The van der Waals surface area contributed by atoms with Crippen molar-refractivity contribution >= 4 is 0 Å². The Morgan fingerprint density at radius 1 is 1.09 bits per heavy atom. The van der Waals surface area contributed by atoms with E-state index in [2.05, 4.69) is 33.3 Å². The minimum atomic E-state index is 0.0555. The van der Waals surface area contributed by atoms with Gasteiger partial charge in [-0.05, 0) is 51.4 Å². The third-order valence-electron chi connectivity index (χ3n) is 3.81. The van der Waals surface area contributed by atoms with Crippen molar-refractivity contribution in [2.75, 3.05) is 13.2 Å². The predicted molar refractivity (Wildman–Crippen MR) is 97.8 cm³/mol. The fourth-order valence-electron chi connectivity index (χ4n) is 2.47. The van der Waals surface area contributed by atoms with Crippen LogP contribution in [-0.4, -0.2) is 19.5 Å². The van der Waals surface area contributed by atoms with Gasteiger partial charge < -0.3 is 9.47 Å². The zero-order chi connectivity index (χ0) is 17.3. The Hall–Kier alpha value is -1.04. The third kappa shape index (κ3) is 12.7. The number of rotatable bonds is 8. The van der Waals surface area contributed by atoms with Crippen molar-refractivity contribution in [1.29, 1.82) is 0 Å². The molecule has 1 saturated heterocycles. The van der Waals surface area contributed by atoms with Crippen molar-refractivity contribution in [1.82, 2.24) is 0 Å². The molecule has 1 aliphatic heterocycles. The van der Waals surface area contributed by atoms with Gasteiger partial charge in [0.05, 0.1) is 13.2 Å². The summed E-state index contributed by atoms with van der Waals surface area (Å²) in [5.74, 6) is 0. The smallest absolute Gasteiger partial charge is 0.157 e. The van der Waals surface area contributed by atoms with Crippen LogP contribution in [0.25, 0.3) is 0 Å². The van der Waals surface area contributed by atoms with Gasteiger partial charge in [-0.1, -0.05) is 38.5 Å². The van der Waals surface area contributed by atoms with Gasteiger partial charge in [0.2, 0.25) is 0 Å². The van der Waals surface area contributed by atoms with Gasteiger partial charge in [-0.3, -0.25) is 0 Å². The summed E-state index contributed by atoms with van der Waals surface area (Å²) in [5, 5.41) is 0. The van der Waals surface area contributed by atoms with Crippen molar-refractivity contribution in [3.05, 3.63) is 24.8 Å². The second-order valence-electron chi connectivity index (χ2n) is 5.76. The van der Waals surface area contributed by atoms with Gasteiger partial charge in [0, 0.05) is 0 Å². The van der Waals surface area contributed by atoms with Gasteiger partial charge in [-0.15, -0.1) is 19.4 Å². The number of terminal acetylenes is 1. The lowest BCUT2D eigenvalue weighted by molar-refractivity contribution is -0.0546. The molecule has 0 spiro atoms. The first-order chi connectivity index (χ1) is 10.6. The van der Waals surface area contributed by atoms with Gasteiger partial charge in [0.25, 0.3) is 0 Å². The van der Waals surface area contributed by atoms with E-state index in [4.69, 9.17) is 9.47 Å². The molecule has 0 radical (unpaired) electrons. The van der Waals surface area contributed by atoms with E-state index in [1.54, 1.807) is 0 Å². The molecule has 0 amide bonds. The molecule has 2 heteroatoms. The lowest BCUT2D eigenvalue weighted by atomic mass is 9.77. The van der Waals surface area contributed by atoms with E-state index >= 15 is 0 Å². The van der Waals surface area contributed by atoms with Crippen LogP contribution in [0.4, 0.5) is 0 Å². The molecule has 0 aromatic heterocycles. The highest BCUT2D eigenvalue weighted by Gasteiger charge is 2.25. The van der Waals surface area contributed by atoms with Crippen molar-refractivity contribution in [3.63, 3.8) is 0 Å². The summed E-state index contributed by atoms with van der Waals surface area (Å²) in [6.45, 7) is 14.0. The Kier molecular flexibility index (Phi) is 17.2. The maximum atomic E-state index is 5.49. The van der Waals surface area contributed by atoms with E-state index in [-0.39, 0.29) is 6.29 Å². The minimum absolute atomic E-state index is 0.0555. The van der Waals surface area contributed by atoms with Crippen LogP contribution < -0.4 is 0 Å². The van der Waals surface area contributed by atoms with E-state index in [0.717, 1.165) is 26.1 Å². The molecule has 1 atom stereocenters. The molecule has 1 aliphatic rings. The van der Waals surface area contributed by atoms with Crippen LogP contribution >= 0.6 is 0 Å². The summed E-state index contributed by atoms with van der Waals surface area (Å²) in [7, 11) is 0. The van der Waals surface area contributed by atoms with Gasteiger partial charge in [-0.2, -0.15) is 0 Å². The Balaban J connectivity index is 0. The summed E-state index contributed by atoms with van der Waals surface area (Å²) in [5.41, 5.74) is 0.429. The van der Waals surface area contributed by atoms with Crippen LogP contribution in [-0.2, 0) is 9.47 Å². The fraction of sp³-hybridized carbons (Fsp3) is 0.700. The van der Waals surface area contributed by atoms with E-state index in [1.165, 1.54) is 25.7 Å². The molecule has 2 nitrogen and oxygen atoms in total. The normalized spacial score (nSPS) is 17.0. The minimum Gasteiger partial charge on any atom is -0.350 e. The van der Waals surface area contributed by atoms with E-state index in [0.29, 0.717) is 5.41 Å². The van der Waals surface area contributed by atoms with Crippen LogP contribution in [0.2, 0.25) is 0 Å². The molecular weight excluding hydrogens is 272 g/mol. The van der Waals surface area contributed by atoms with Crippen LogP contribution in [0.3, 0.4) is 0 Å². The molecule has 0 aromatic carbocycles. The molecule has 0 aromatic rings. The average Bonchev–Trinajstić information content (AvgIpc) is 3.07. The first-order valence-corrected chi connectivity index (χ1v) is 8.36. The van der Waals surface area contributed by atoms with Gasteiger partial charge in [0.1, 0.15) is 0 Å². The largest absolute Gasteiger partial charge is 0.350 e. The molecule has 0 aliphatic carbocycles. The second-order valence-corrected chi connectivity index (χ2v) is 5.76. The Morgan fingerprint density at radius 2 is 1.64 bits per heavy atom. The molecule has 0 saturated carbocycles. The van der Waals surface area contributed by atoms with E-state index in [1.807, 2.05) is 32.1 Å². The highest BCUT2D eigenvalue weighted by Crippen LogP contribution is 2.35. The predicted octanol–water partition coefficient (Wildman–Crippen LogP) is 5.74. The topological polar surface area (TPSA) is 18.5 Å². The van der Waals surface area contributed by atoms with Gasteiger partial charge in [0.15, 0.2) is 6.29 Å². The molecular formula is C20H36O2. The number of allylic oxidation sites excluding steroid dienone is 3. The van der Waals surface area contributed by atoms with E-state index < -0.39 is 0 Å². The summed E-state index contributed by atoms with van der Waals surface area (Å²) in [6, 6.07) is 0. The molecule has 0 N–H and O–H groups in total. The zero-order valence-corrected chi connectivity index (χ0v) is 15.1. The SMILES string of the molecule is C#C.C/C=C\C.C=CCCC(C)(CCC)CCC1OCCO1. The maximum absolute atomic E-state index is 5.49. The summed E-state index contributed by atoms with van der Waals surface area (Å²) in [4.78, 5) is 0. The summed E-state index contributed by atoms with van der Waals surface area (Å²) < 4.78 is 11.0. The van der Waals surface area contributed by atoms with Crippen molar-refractivity contribution in [2.24, 2.45) is 5.41 Å². The van der Waals surface area contributed by atoms with Gasteiger partial charge >= 0.3 is 0 Å². The first kappa shape index (κ1) is 23.2. The lowest BCUT2D eigenvalue weighted by Crippen LogP contribution is -2.19. The lowest BCUT2D eigenvalue weighted by Gasteiger charge is -2.30. The molecule has 1 rings (SSSR count). The highest BCUT2D eigenvalue weighted by atomic mass is 16.7. The average molecular weight is 309 g/mol. The molecule has 1 fully saturated rings. The molecule has 1 heterocycles. The maximum Gasteiger partial charge on any atom is 0.157 e. The monoisotopic (exact) mass is 308 g/mol. The standard InChI is InChI=1S/C14H26O2.C4H8.C2H2/c1-4-6-9-14(3,8-5-2)10-7-13-15-11-12-16-13;1-3-4-2;1-2/h4,13H,1,5-12H2,2-3H3;3-4H,1-2H3;1-2H/b;4-3-;. The molecule has 22 heavy (non-hydrogen) atoms. The molecule has 128 valence electrons. The highest BCUT2D eigenvalue weighted by molar-refractivity contribution is 4.79. The van der Waals surface area contributed by atoms with Crippen LogP contribution in [0.1, 0.15) is 66.2 Å². The van der Waals surface area contributed by atoms with Crippen LogP contribution in [0.5, 0.6) is 0 Å². The second kappa shape index (κ2) is 16.3. The first-order valence-electron chi connectivity index (χ1n) is 8.36. The number of ether oxygens (including phenoxy) is 2. The van der Waals surface area contributed by atoms with Crippen molar-refractivity contribution in [2.45, 2.75) is 72.5 Å². The Morgan fingerprint density at radius 3 is 2.05 bits per heavy atom. The molecule has 1 unspecified atom stereocenters. The van der Waals surface area contributed by atoms with E-state index in [9.17, 15) is 0 Å². The zero-order valence-electron chi connectivity index (χ0n) is 15.1. The summed E-state index contributed by atoms with van der Waals surface area (Å²) >= 11 is 0. The number of hydrogen-bond donors (Lipinski definition) is 0. The van der Waals surface area contributed by atoms with Crippen LogP contribution in [0, 0.1) is 18.3 Å². The van der Waals surface area contributed by atoms with Crippen molar-refractivity contribution < 1.29 is 9.47 Å². The number of hydrogen-bond acceptors (Lipinski definition) is 2. The van der Waals surface area contributed by atoms with Crippen molar-refractivity contribution in [3.8, 4) is 12.8 Å². The van der Waals surface area contributed by atoms with Gasteiger partial charge in [-0.25, -0.2) is 0 Å². The Labute approximate surface area is 139 Å². The third-order valence-corrected chi connectivity index (χ3v) is 3.81. The summed E-state index contributed by atoms with van der Waals surface area (Å²) in [6.07, 6.45) is 21.2. The molecule has 0 bridgehead atoms. The Bertz CT molecular complexity index is 283.